The summed E-state index contributed by atoms with van der Waals surface area (Å²) in [7, 11) is 3.21. The Balaban J connectivity index is 2.85. The monoisotopic (exact) mass is 266 g/mol. The molecule has 0 aromatic heterocycles. The van der Waals surface area contributed by atoms with Gasteiger partial charge in [-0.15, -0.1) is 0 Å². The lowest BCUT2D eigenvalue weighted by Crippen LogP contribution is -2.40. The molecule has 1 aromatic carbocycles. The smallest absolute Gasteiger partial charge is 0.315 e. The van der Waals surface area contributed by atoms with Crippen LogP contribution in [0.4, 0.5) is 4.79 Å². The molecule has 0 saturated carbocycles. The Kier molecular flexibility index (Phi) is 5.48. The average Bonchev–Trinajstić information content (AvgIpc) is 2.36. The lowest BCUT2D eigenvalue weighted by atomic mass is 10.1. The first-order valence-electron chi connectivity index (χ1n) is 6.26. The molecule has 1 atom stereocenters. The van der Waals surface area contributed by atoms with Gasteiger partial charge in [0, 0.05) is 11.6 Å². The molecule has 0 spiro atoms. The van der Waals surface area contributed by atoms with E-state index in [9.17, 15) is 4.79 Å². The number of amides is 2. The molecule has 0 unspecified atom stereocenters. The lowest BCUT2D eigenvalue weighted by molar-refractivity contribution is 0.235. The van der Waals surface area contributed by atoms with Crippen molar-refractivity contribution in [3.63, 3.8) is 0 Å². The minimum atomic E-state index is -0.202. The quantitative estimate of drug-likeness (QED) is 0.860. The summed E-state index contributed by atoms with van der Waals surface area (Å²) < 4.78 is 10.5. The van der Waals surface area contributed by atoms with Crippen molar-refractivity contribution in [3.05, 3.63) is 23.8 Å². The summed E-state index contributed by atoms with van der Waals surface area (Å²) in [5, 5.41) is 5.66. The van der Waals surface area contributed by atoms with E-state index in [1.54, 1.807) is 14.2 Å². The molecule has 0 fully saturated rings. The van der Waals surface area contributed by atoms with Gasteiger partial charge in [-0.25, -0.2) is 4.79 Å². The molecule has 0 saturated heterocycles. The molecule has 106 valence electrons. The van der Waals surface area contributed by atoms with Crippen LogP contribution in [0.15, 0.2) is 18.2 Å². The molecular weight excluding hydrogens is 244 g/mol. The summed E-state index contributed by atoms with van der Waals surface area (Å²) in [5.41, 5.74) is 0.876. The zero-order chi connectivity index (χ0) is 14.4. The molecule has 5 heteroatoms. The van der Waals surface area contributed by atoms with Crippen molar-refractivity contribution in [1.82, 2.24) is 10.6 Å². The number of rotatable bonds is 5. The van der Waals surface area contributed by atoms with E-state index in [2.05, 4.69) is 10.6 Å². The van der Waals surface area contributed by atoms with Gasteiger partial charge in [-0.1, -0.05) is 0 Å². The van der Waals surface area contributed by atoms with Crippen molar-refractivity contribution in [2.24, 2.45) is 0 Å². The summed E-state index contributed by atoms with van der Waals surface area (Å²) >= 11 is 0. The second kappa shape index (κ2) is 6.87. The van der Waals surface area contributed by atoms with E-state index in [4.69, 9.17) is 9.47 Å². The van der Waals surface area contributed by atoms with Gasteiger partial charge in [0.15, 0.2) is 0 Å². The molecule has 1 aromatic rings. The predicted octanol–water partition coefficient (Wildman–Crippen LogP) is 2.47. The minimum Gasteiger partial charge on any atom is -0.497 e. The van der Waals surface area contributed by atoms with Crippen LogP contribution in [0.2, 0.25) is 0 Å². The van der Waals surface area contributed by atoms with Crippen molar-refractivity contribution >= 4 is 6.03 Å². The SMILES string of the molecule is COc1ccc(OC)c([C@@H](C)NC(=O)NC(C)C)c1. The molecule has 5 nitrogen and oxygen atoms in total. The van der Waals surface area contributed by atoms with E-state index in [0.29, 0.717) is 0 Å². The maximum Gasteiger partial charge on any atom is 0.315 e. The second-order valence-electron chi connectivity index (χ2n) is 4.60. The molecule has 0 aliphatic heterocycles. The van der Waals surface area contributed by atoms with Gasteiger partial charge >= 0.3 is 6.03 Å². The van der Waals surface area contributed by atoms with Gasteiger partial charge in [-0.05, 0) is 39.0 Å². The van der Waals surface area contributed by atoms with E-state index in [0.717, 1.165) is 17.1 Å². The third-order valence-electron chi connectivity index (χ3n) is 2.67. The normalized spacial score (nSPS) is 11.9. The van der Waals surface area contributed by atoms with Gasteiger partial charge in [0.1, 0.15) is 11.5 Å². The summed E-state index contributed by atoms with van der Waals surface area (Å²) in [5.74, 6) is 1.45. The first kappa shape index (κ1) is 15.1. The molecule has 0 radical (unpaired) electrons. The maximum absolute atomic E-state index is 11.7. The average molecular weight is 266 g/mol. The largest absolute Gasteiger partial charge is 0.497 e. The topological polar surface area (TPSA) is 59.6 Å². The van der Waals surface area contributed by atoms with Gasteiger partial charge in [0.25, 0.3) is 0 Å². The Morgan fingerprint density at radius 1 is 1.11 bits per heavy atom. The van der Waals surface area contributed by atoms with Crippen LogP contribution in [-0.2, 0) is 0 Å². The highest BCUT2D eigenvalue weighted by Crippen LogP contribution is 2.29. The Hall–Kier alpha value is -1.91. The standard InChI is InChI=1S/C14H22N2O3/c1-9(2)15-14(17)16-10(3)12-8-11(18-4)6-7-13(12)19-5/h6-10H,1-5H3,(H2,15,16,17)/t10-/m1/s1. The first-order valence-corrected chi connectivity index (χ1v) is 6.26. The molecule has 0 aliphatic rings. The van der Waals surface area contributed by atoms with Crippen LogP contribution in [-0.4, -0.2) is 26.3 Å². The van der Waals surface area contributed by atoms with Crippen molar-refractivity contribution in [1.29, 1.82) is 0 Å². The number of nitrogens with one attached hydrogen (secondary N) is 2. The number of carbonyl (C=O) groups excluding carboxylic acids is 1. The summed E-state index contributed by atoms with van der Waals surface area (Å²) in [6.45, 7) is 5.73. The predicted molar refractivity (Wildman–Crippen MR) is 74.8 cm³/mol. The number of ether oxygens (including phenoxy) is 2. The molecule has 1 rings (SSSR count). The fraction of sp³-hybridized carbons (Fsp3) is 0.500. The summed E-state index contributed by atoms with van der Waals surface area (Å²) in [6.07, 6.45) is 0. The van der Waals surface area contributed by atoms with Crippen LogP contribution in [0, 0.1) is 0 Å². The van der Waals surface area contributed by atoms with Gasteiger partial charge in [0.05, 0.1) is 20.3 Å². The summed E-state index contributed by atoms with van der Waals surface area (Å²) in [4.78, 5) is 11.7. The van der Waals surface area contributed by atoms with Crippen LogP contribution < -0.4 is 20.1 Å². The van der Waals surface area contributed by atoms with Crippen LogP contribution in [0.3, 0.4) is 0 Å². The molecule has 2 amide bonds. The number of hydrogen-bond acceptors (Lipinski definition) is 3. The molecule has 0 aliphatic carbocycles. The van der Waals surface area contributed by atoms with Gasteiger partial charge in [0.2, 0.25) is 0 Å². The van der Waals surface area contributed by atoms with Crippen LogP contribution in [0.1, 0.15) is 32.4 Å². The van der Waals surface area contributed by atoms with E-state index < -0.39 is 0 Å². The van der Waals surface area contributed by atoms with Crippen molar-refractivity contribution in [2.75, 3.05) is 14.2 Å². The highest BCUT2D eigenvalue weighted by Gasteiger charge is 2.15. The Morgan fingerprint density at radius 2 is 1.79 bits per heavy atom. The Labute approximate surface area is 114 Å². The Bertz CT molecular complexity index is 433. The zero-order valence-electron chi connectivity index (χ0n) is 12.1. The third kappa shape index (κ3) is 4.35. The minimum absolute atomic E-state index is 0.0967. The van der Waals surface area contributed by atoms with Crippen LogP contribution >= 0.6 is 0 Å². The van der Waals surface area contributed by atoms with E-state index in [1.807, 2.05) is 39.0 Å². The molecule has 19 heavy (non-hydrogen) atoms. The van der Waals surface area contributed by atoms with Crippen LogP contribution in [0.25, 0.3) is 0 Å². The lowest BCUT2D eigenvalue weighted by Gasteiger charge is -2.19. The van der Waals surface area contributed by atoms with Gasteiger partial charge in [-0.2, -0.15) is 0 Å². The third-order valence-corrected chi connectivity index (χ3v) is 2.67. The molecular formula is C14H22N2O3. The number of hydrogen-bond donors (Lipinski definition) is 2. The summed E-state index contributed by atoms with van der Waals surface area (Å²) in [6, 6.07) is 5.23. The van der Waals surface area contributed by atoms with Gasteiger partial charge in [-0.3, -0.25) is 0 Å². The fourth-order valence-electron chi connectivity index (χ4n) is 1.76. The van der Waals surface area contributed by atoms with E-state index in [1.165, 1.54) is 0 Å². The second-order valence-corrected chi connectivity index (χ2v) is 4.60. The van der Waals surface area contributed by atoms with Crippen molar-refractivity contribution in [2.45, 2.75) is 32.9 Å². The molecule has 0 bridgehead atoms. The fourth-order valence-corrected chi connectivity index (χ4v) is 1.76. The number of benzene rings is 1. The van der Waals surface area contributed by atoms with E-state index >= 15 is 0 Å². The Morgan fingerprint density at radius 3 is 2.32 bits per heavy atom. The number of methoxy groups -OCH3 is 2. The number of urea groups is 1. The molecule has 2 N–H and O–H groups in total. The van der Waals surface area contributed by atoms with Crippen LogP contribution in [0.5, 0.6) is 11.5 Å². The van der Waals surface area contributed by atoms with Crippen molar-refractivity contribution < 1.29 is 14.3 Å². The van der Waals surface area contributed by atoms with Gasteiger partial charge < -0.3 is 20.1 Å². The molecule has 0 heterocycles. The van der Waals surface area contributed by atoms with E-state index in [-0.39, 0.29) is 18.1 Å². The first-order chi connectivity index (χ1) is 8.97. The van der Waals surface area contributed by atoms with Crippen molar-refractivity contribution in [3.8, 4) is 11.5 Å². The maximum atomic E-state index is 11.7. The highest BCUT2D eigenvalue weighted by molar-refractivity contribution is 5.74. The zero-order valence-corrected chi connectivity index (χ0v) is 12.1. The highest BCUT2D eigenvalue weighted by atomic mass is 16.5. The number of carbonyl (C=O) groups is 1.